The first-order valence-electron chi connectivity index (χ1n) is 5.94. The van der Waals surface area contributed by atoms with E-state index < -0.39 is 0 Å². The predicted molar refractivity (Wildman–Crippen MR) is 62.4 cm³/mol. The molecule has 0 unspecified atom stereocenters. The molecule has 3 heteroatoms. The Morgan fingerprint density at radius 3 is 2.53 bits per heavy atom. The molecule has 1 aliphatic rings. The predicted octanol–water partition coefficient (Wildman–Crippen LogP) is 1.62. The maximum Gasteiger partial charge on any atom is 0.239 e. The standard InChI is InChI=1S/C12H24N2O/c1-5-12(4)6-7-14(8-12)11(15)10(13)9(2)3/h9-10H,5-8,13H2,1-4H3/t10-,12+/m1/s1. The van der Waals surface area contributed by atoms with Crippen LogP contribution in [0.3, 0.4) is 0 Å². The van der Waals surface area contributed by atoms with E-state index >= 15 is 0 Å². The van der Waals surface area contributed by atoms with Gasteiger partial charge < -0.3 is 10.6 Å². The molecule has 0 spiro atoms. The van der Waals surface area contributed by atoms with Gasteiger partial charge in [0.2, 0.25) is 5.91 Å². The lowest BCUT2D eigenvalue weighted by Gasteiger charge is -2.26. The SMILES string of the molecule is CC[C@@]1(C)CCN(C(=O)[C@H](N)C(C)C)C1. The highest BCUT2D eigenvalue weighted by Gasteiger charge is 2.36. The minimum absolute atomic E-state index is 0.127. The summed E-state index contributed by atoms with van der Waals surface area (Å²) < 4.78 is 0. The fraction of sp³-hybridized carbons (Fsp3) is 0.917. The number of carbonyl (C=O) groups excluding carboxylic acids is 1. The summed E-state index contributed by atoms with van der Waals surface area (Å²) in [6.07, 6.45) is 2.24. The van der Waals surface area contributed by atoms with Crippen LogP contribution in [0.2, 0.25) is 0 Å². The van der Waals surface area contributed by atoms with Gasteiger partial charge in [-0.2, -0.15) is 0 Å². The smallest absolute Gasteiger partial charge is 0.239 e. The second-order valence-corrected chi connectivity index (χ2v) is 5.44. The van der Waals surface area contributed by atoms with E-state index in [0.29, 0.717) is 5.41 Å². The van der Waals surface area contributed by atoms with Gasteiger partial charge in [-0.25, -0.2) is 0 Å². The van der Waals surface area contributed by atoms with Crippen molar-refractivity contribution in [3.8, 4) is 0 Å². The third-order valence-corrected chi connectivity index (χ3v) is 3.73. The summed E-state index contributed by atoms with van der Waals surface area (Å²) >= 11 is 0. The van der Waals surface area contributed by atoms with E-state index in [4.69, 9.17) is 5.73 Å². The van der Waals surface area contributed by atoms with E-state index in [0.717, 1.165) is 25.9 Å². The van der Waals surface area contributed by atoms with Crippen molar-refractivity contribution >= 4 is 5.91 Å². The molecule has 2 N–H and O–H groups in total. The average molecular weight is 212 g/mol. The van der Waals surface area contributed by atoms with E-state index in [-0.39, 0.29) is 17.9 Å². The number of carbonyl (C=O) groups is 1. The molecular formula is C12H24N2O. The van der Waals surface area contributed by atoms with Crippen molar-refractivity contribution in [3.05, 3.63) is 0 Å². The minimum Gasteiger partial charge on any atom is -0.341 e. The molecule has 0 aromatic rings. The van der Waals surface area contributed by atoms with E-state index in [9.17, 15) is 4.79 Å². The molecular weight excluding hydrogens is 188 g/mol. The van der Waals surface area contributed by atoms with Crippen LogP contribution in [0.15, 0.2) is 0 Å². The summed E-state index contributed by atoms with van der Waals surface area (Å²) in [4.78, 5) is 13.9. The molecule has 2 atom stereocenters. The van der Waals surface area contributed by atoms with E-state index in [1.165, 1.54) is 0 Å². The first-order chi connectivity index (χ1) is 6.89. The Morgan fingerprint density at radius 2 is 2.13 bits per heavy atom. The van der Waals surface area contributed by atoms with Crippen molar-refractivity contribution in [2.45, 2.75) is 46.6 Å². The molecule has 88 valence electrons. The summed E-state index contributed by atoms with van der Waals surface area (Å²) in [7, 11) is 0. The molecule has 1 saturated heterocycles. The maximum absolute atomic E-state index is 12.0. The Bertz CT molecular complexity index is 240. The van der Waals surface area contributed by atoms with Crippen LogP contribution in [0.4, 0.5) is 0 Å². The van der Waals surface area contributed by atoms with Gasteiger partial charge in [0.15, 0.2) is 0 Å². The molecule has 3 nitrogen and oxygen atoms in total. The highest BCUT2D eigenvalue weighted by atomic mass is 16.2. The van der Waals surface area contributed by atoms with Gasteiger partial charge in [0.25, 0.3) is 0 Å². The number of hydrogen-bond acceptors (Lipinski definition) is 2. The van der Waals surface area contributed by atoms with E-state index in [1.807, 2.05) is 18.7 Å². The van der Waals surface area contributed by atoms with Crippen LogP contribution in [0, 0.1) is 11.3 Å². The Kier molecular flexibility index (Phi) is 3.77. The van der Waals surface area contributed by atoms with Crippen LogP contribution in [0.5, 0.6) is 0 Å². The average Bonchev–Trinajstić information content (AvgIpc) is 2.59. The zero-order valence-corrected chi connectivity index (χ0v) is 10.4. The van der Waals surface area contributed by atoms with Crippen molar-refractivity contribution in [1.82, 2.24) is 4.90 Å². The third kappa shape index (κ3) is 2.71. The van der Waals surface area contributed by atoms with Crippen molar-refractivity contribution in [2.75, 3.05) is 13.1 Å². The second kappa shape index (κ2) is 4.52. The van der Waals surface area contributed by atoms with Gasteiger partial charge in [-0.3, -0.25) is 4.79 Å². The van der Waals surface area contributed by atoms with Gasteiger partial charge >= 0.3 is 0 Å². The molecule has 0 aliphatic carbocycles. The normalized spacial score (nSPS) is 28.5. The Hall–Kier alpha value is -0.570. The van der Waals surface area contributed by atoms with Crippen LogP contribution in [-0.4, -0.2) is 29.9 Å². The zero-order chi connectivity index (χ0) is 11.6. The van der Waals surface area contributed by atoms with Crippen LogP contribution in [-0.2, 0) is 4.79 Å². The lowest BCUT2D eigenvalue weighted by atomic mass is 9.87. The first-order valence-corrected chi connectivity index (χ1v) is 5.94. The van der Waals surface area contributed by atoms with Crippen LogP contribution in [0.1, 0.15) is 40.5 Å². The molecule has 1 aliphatic heterocycles. The molecule has 0 bridgehead atoms. The molecule has 1 amide bonds. The van der Waals surface area contributed by atoms with Crippen molar-refractivity contribution in [3.63, 3.8) is 0 Å². The van der Waals surface area contributed by atoms with Crippen LogP contribution in [0.25, 0.3) is 0 Å². The highest BCUT2D eigenvalue weighted by Crippen LogP contribution is 2.33. The quantitative estimate of drug-likeness (QED) is 0.772. The van der Waals surface area contributed by atoms with Crippen molar-refractivity contribution < 1.29 is 4.79 Å². The molecule has 0 aromatic carbocycles. The zero-order valence-electron chi connectivity index (χ0n) is 10.4. The van der Waals surface area contributed by atoms with Crippen molar-refractivity contribution in [2.24, 2.45) is 17.1 Å². The molecule has 1 heterocycles. The van der Waals surface area contributed by atoms with Gasteiger partial charge in [0, 0.05) is 13.1 Å². The number of rotatable bonds is 3. The minimum atomic E-state index is -0.329. The second-order valence-electron chi connectivity index (χ2n) is 5.44. The highest BCUT2D eigenvalue weighted by molar-refractivity contribution is 5.82. The number of nitrogens with zero attached hydrogens (tertiary/aromatic N) is 1. The van der Waals surface area contributed by atoms with E-state index in [2.05, 4.69) is 13.8 Å². The lowest BCUT2D eigenvalue weighted by molar-refractivity contribution is -0.132. The number of likely N-dealkylation sites (tertiary alicyclic amines) is 1. The van der Waals surface area contributed by atoms with Crippen molar-refractivity contribution in [1.29, 1.82) is 0 Å². The Labute approximate surface area is 93.0 Å². The molecule has 0 radical (unpaired) electrons. The molecule has 0 saturated carbocycles. The van der Waals surface area contributed by atoms with E-state index in [1.54, 1.807) is 0 Å². The van der Waals surface area contributed by atoms with Gasteiger partial charge in [-0.05, 0) is 24.2 Å². The molecule has 1 fully saturated rings. The number of hydrogen-bond donors (Lipinski definition) is 1. The number of nitrogens with two attached hydrogens (primary N) is 1. The summed E-state index contributed by atoms with van der Waals surface area (Å²) in [5.41, 5.74) is 6.19. The monoisotopic (exact) mass is 212 g/mol. The third-order valence-electron chi connectivity index (χ3n) is 3.73. The van der Waals surface area contributed by atoms with Gasteiger partial charge in [-0.1, -0.05) is 27.7 Å². The van der Waals surface area contributed by atoms with Gasteiger partial charge in [-0.15, -0.1) is 0 Å². The summed E-state index contributed by atoms with van der Waals surface area (Å²) in [5, 5.41) is 0. The first kappa shape index (κ1) is 12.5. The van der Waals surface area contributed by atoms with Crippen LogP contribution >= 0.6 is 0 Å². The lowest BCUT2D eigenvalue weighted by Crippen LogP contribution is -2.46. The Balaban J connectivity index is 2.57. The maximum atomic E-state index is 12.0. The molecule has 15 heavy (non-hydrogen) atoms. The fourth-order valence-corrected chi connectivity index (χ4v) is 2.00. The fourth-order valence-electron chi connectivity index (χ4n) is 2.00. The molecule has 1 rings (SSSR count). The summed E-state index contributed by atoms with van der Waals surface area (Å²) in [6, 6.07) is -0.329. The summed E-state index contributed by atoms with van der Waals surface area (Å²) in [5.74, 6) is 0.355. The largest absolute Gasteiger partial charge is 0.341 e. The van der Waals surface area contributed by atoms with Crippen LogP contribution < -0.4 is 5.73 Å². The molecule has 0 aromatic heterocycles. The summed E-state index contributed by atoms with van der Waals surface area (Å²) in [6.45, 7) is 10.2. The van der Waals surface area contributed by atoms with Gasteiger partial charge in [0.05, 0.1) is 6.04 Å². The topological polar surface area (TPSA) is 46.3 Å². The van der Waals surface area contributed by atoms with Gasteiger partial charge in [0.1, 0.15) is 0 Å². The Morgan fingerprint density at radius 1 is 1.53 bits per heavy atom. The number of amides is 1.